The molecule has 2 N–H and O–H groups in total. The molecule has 4 amide bonds. The molecule has 13 nitrogen and oxygen atoms in total. The van der Waals surface area contributed by atoms with Crippen LogP contribution in [0, 0.1) is 5.41 Å². The highest BCUT2D eigenvalue weighted by Crippen LogP contribution is 2.31. The van der Waals surface area contributed by atoms with Crippen molar-refractivity contribution in [2.45, 2.75) is 57.7 Å². The molecule has 0 unspecified atom stereocenters. The highest BCUT2D eigenvalue weighted by molar-refractivity contribution is 7.90. The zero-order valence-electron chi connectivity index (χ0n) is 26.2. The van der Waals surface area contributed by atoms with Crippen LogP contribution in [-0.2, 0) is 51.3 Å². The molecule has 3 rings (SSSR count). The third-order valence-corrected chi connectivity index (χ3v) is 8.03. The summed E-state index contributed by atoms with van der Waals surface area (Å²) in [5, 5.41) is 2.33. The Kier molecular flexibility index (Phi) is 11.5. The molecule has 0 fully saturated rings. The smallest absolute Gasteiger partial charge is 0.416 e. The number of ether oxygens (including phenoxy) is 2. The van der Waals surface area contributed by atoms with Crippen LogP contribution in [0.15, 0.2) is 59.5 Å². The predicted octanol–water partition coefficient (Wildman–Crippen LogP) is 2.68. The number of hydrogen-bond donors (Lipinski definition) is 2. The van der Waals surface area contributed by atoms with Gasteiger partial charge in [-0.25, -0.2) is 22.7 Å². The van der Waals surface area contributed by atoms with Crippen LogP contribution in [0.25, 0.3) is 0 Å². The van der Waals surface area contributed by atoms with Crippen molar-refractivity contribution in [1.82, 2.24) is 14.9 Å². The molecule has 1 atom stereocenters. The second-order valence-corrected chi connectivity index (χ2v) is 13.0. The monoisotopic (exact) mass is 695 g/mol. The van der Waals surface area contributed by atoms with Crippen LogP contribution in [0.5, 0.6) is 5.75 Å². The number of halogens is 3. The number of carbonyl (C=O) groups is 6. The van der Waals surface area contributed by atoms with E-state index in [1.165, 1.54) is 27.7 Å². The van der Waals surface area contributed by atoms with Crippen LogP contribution >= 0.6 is 0 Å². The summed E-state index contributed by atoms with van der Waals surface area (Å²) < 4.78 is 78.3. The van der Waals surface area contributed by atoms with Crippen LogP contribution in [0.1, 0.15) is 55.6 Å². The molecule has 17 heteroatoms. The van der Waals surface area contributed by atoms with Crippen molar-refractivity contribution in [2.75, 3.05) is 13.2 Å². The van der Waals surface area contributed by atoms with E-state index in [9.17, 15) is 50.4 Å². The highest BCUT2D eigenvalue weighted by atomic mass is 32.2. The van der Waals surface area contributed by atoms with Gasteiger partial charge in [-0.2, -0.15) is 13.2 Å². The second-order valence-electron chi connectivity index (χ2n) is 11.4. The van der Waals surface area contributed by atoms with Crippen molar-refractivity contribution in [3.63, 3.8) is 0 Å². The van der Waals surface area contributed by atoms with E-state index >= 15 is 0 Å². The molecule has 1 aliphatic heterocycles. The fourth-order valence-corrected chi connectivity index (χ4v) is 5.41. The van der Waals surface area contributed by atoms with Gasteiger partial charge in [0.1, 0.15) is 16.5 Å². The molecule has 0 radical (unpaired) electrons. The second kappa shape index (κ2) is 14.8. The zero-order chi connectivity index (χ0) is 36.0. The number of benzene rings is 2. The van der Waals surface area contributed by atoms with E-state index in [0.29, 0.717) is 0 Å². The number of alkyl halides is 3. The molecule has 2 aromatic rings. The van der Waals surface area contributed by atoms with Crippen molar-refractivity contribution in [3.05, 3.63) is 71.3 Å². The van der Waals surface area contributed by atoms with E-state index < -0.39 is 97.8 Å². The first-order chi connectivity index (χ1) is 22.2. The van der Waals surface area contributed by atoms with Gasteiger partial charge in [-0.1, -0.05) is 39.0 Å². The van der Waals surface area contributed by atoms with E-state index in [2.05, 4.69) is 5.32 Å². The minimum absolute atomic E-state index is 0.114. The number of sulfonamides is 1. The maximum atomic E-state index is 13.7. The van der Waals surface area contributed by atoms with Gasteiger partial charge in [0.25, 0.3) is 21.8 Å². The lowest BCUT2D eigenvalue weighted by Crippen LogP contribution is -2.46. The Morgan fingerprint density at radius 3 is 2.08 bits per heavy atom. The van der Waals surface area contributed by atoms with Gasteiger partial charge >= 0.3 is 18.1 Å². The molecule has 0 aliphatic carbocycles. The Balaban J connectivity index is 2.00. The van der Waals surface area contributed by atoms with Gasteiger partial charge in [-0.3, -0.25) is 24.1 Å². The van der Waals surface area contributed by atoms with Crippen LogP contribution in [0.3, 0.4) is 0 Å². The summed E-state index contributed by atoms with van der Waals surface area (Å²) in [6.45, 7) is 5.24. The van der Waals surface area contributed by atoms with Crippen molar-refractivity contribution in [2.24, 2.45) is 5.41 Å². The molecular formula is C31H32F3N3O10S. The molecule has 48 heavy (non-hydrogen) atoms. The molecule has 258 valence electrons. The first-order valence-corrected chi connectivity index (χ1v) is 15.8. The Bertz CT molecular complexity index is 1730. The maximum Gasteiger partial charge on any atom is 0.416 e. The summed E-state index contributed by atoms with van der Waals surface area (Å²) in [4.78, 5) is 75.6. The maximum absolute atomic E-state index is 13.7. The van der Waals surface area contributed by atoms with E-state index in [1.807, 2.05) is 4.72 Å². The Hall–Kier alpha value is -5.06. The summed E-state index contributed by atoms with van der Waals surface area (Å²) in [6, 6.07) is 5.06. The van der Waals surface area contributed by atoms with Gasteiger partial charge in [-0.15, -0.1) is 0 Å². The van der Waals surface area contributed by atoms with Gasteiger partial charge in [0.2, 0.25) is 11.8 Å². The number of amides is 4. The molecule has 0 saturated carbocycles. The molecular weight excluding hydrogens is 663 g/mol. The predicted molar refractivity (Wildman–Crippen MR) is 160 cm³/mol. The van der Waals surface area contributed by atoms with E-state index in [0.717, 1.165) is 59.5 Å². The number of nitrogens with zero attached hydrogens (tertiary/aromatic N) is 1. The fourth-order valence-electron chi connectivity index (χ4n) is 4.09. The normalized spacial score (nSPS) is 14.0. The number of imide groups is 1. The quantitative estimate of drug-likeness (QED) is 0.190. The van der Waals surface area contributed by atoms with Crippen molar-refractivity contribution >= 4 is 45.6 Å². The first kappa shape index (κ1) is 37.4. The van der Waals surface area contributed by atoms with E-state index in [1.54, 1.807) is 0 Å². The van der Waals surface area contributed by atoms with Gasteiger partial charge < -0.3 is 14.8 Å². The largest absolute Gasteiger partial charge is 0.462 e. The van der Waals surface area contributed by atoms with Crippen LogP contribution in [0.4, 0.5) is 13.2 Å². The molecule has 1 aliphatic rings. The van der Waals surface area contributed by atoms with Gasteiger partial charge in [0.05, 0.1) is 12.2 Å². The Morgan fingerprint density at radius 1 is 0.938 bits per heavy atom. The summed E-state index contributed by atoms with van der Waals surface area (Å²) in [5.74, 6) is -6.46. The first-order valence-electron chi connectivity index (χ1n) is 14.3. The summed E-state index contributed by atoms with van der Waals surface area (Å²) in [7, 11) is -4.80. The molecule has 0 saturated heterocycles. The molecule has 1 heterocycles. The molecule has 2 aromatic carbocycles. The molecule has 0 bridgehead atoms. The summed E-state index contributed by atoms with van der Waals surface area (Å²) in [5.41, 5.74) is -2.59. The third kappa shape index (κ3) is 9.49. The lowest BCUT2D eigenvalue weighted by atomic mass is 9.96. The standard InChI is InChI=1S/C31H32F3N3O10S/c1-5-46-27(41)20-7-6-8-22(48(44,45)36-29(43)30(2,3)4)26(20)47-28(42)21(17-18-9-11-19(12-10-18)31(32,33)34)35-23(38)15-16-37-24(39)13-14-25(37)40/h6-14,21H,5,15-17H2,1-4H3,(H,35,38)(H,36,43)/t21-/m0/s1. The summed E-state index contributed by atoms with van der Waals surface area (Å²) >= 11 is 0. The van der Waals surface area contributed by atoms with Crippen molar-refractivity contribution in [1.29, 1.82) is 0 Å². The van der Waals surface area contributed by atoms with Crippen molar-refractivity contribution < 1.29 is 59.8 Å². The van der Waals surface area contributed by atoms with Crippen LogP contribution in [-0.4, -0.2) is 68.1 Å². The zero-order valence-corrected chi connectivity index (χ0v) is 27.0. The average molecular weight is 696 g/mol. The minimum atomic E-state index is -4.80. The van der Waals surface area contributed by atoms with E-state index in [-0.39, 0.29) is 18.7 Å². The Labute approximate surface area is 273 Å². The van der Waals surface area contributed by atoms with Crippen molar-refractivity contribution in [3.8, 4) is 5.75 Å². The van der Waals surface area contributed by atoms with Gasteiger partial charge in [0, 0.05) is 37.0 Å². The number of hydrogen-bond acceptors (Lipinski definition) is 10. The number of carbonyl (C=O) groups excluding carboxylic acids is 6. The van der Waals surface area contributed by atoms with Gasteiger partial charge in [0.15, 0.2) is 5.75 Å². The number of nitrogens with one attached hydrogen (secondary N) is 2. The Morgan fingerprint density at radius 2 is 1.54 bits per heavy atom. The summed E-state index contributed by atoms with van der Waals surface area (Å²) in [6.07, 6.45) is -3.63. The minimum Gasteiger partial charge on any atom is -0.462 e. The lowest BCUT2D eigenvalue weighted by molar-refractivity contribution is -0.141. The SMILES string of the molecule is CCOC(=O)c1cccc(S(=O)(=O)NC(=O)C(C)(C)C)c1OC(=O)[C@H](Cc1ccc(C(F)(F)F)cc1)NC(=O)CCN1C(=O)C=CC1=O. The number of para-hydroxylation sites is 1. The number of esters is 2. The molecule has 0 aromatic heterocycles. The average Bonchev–Trinajstić information content (AvgIpc) is 3.31. The van der Waals surface area contributed by atoms with E-state index in [4.69, 9.17) is 9.47 Å². The third-order valence-electron chi connectivity index (χ3n) is 6.68. The lowest BCUT2D eigenvalue weighted by Gasteiger charge is -2.22. The highest BCUT2D eigenvalue weighted by Gasteiger charge is 2.35. The van der Waals surface area contributed by atoms with Gasteiger partial charge in [-0.05, 0) is 36.8 Å². The van der Waals surface area contributed by atoms with Crippen LogP contribution in [0.2, 0.25) is 0 Å². The fraction of sp³-hybridized carbons (Fsp3) is 0.355. The van der Waals surface area contributed by atoms with Crippen LogP contribution < -0.4 is 14.8 Å². The topological polar surface area (TPSA) is 182 Å². The number of rotatable bonds is 12. The molecule has 0 spiro atoms.